The highest BCUT2D eigenvalue weighted by Crippen LogP contribution is 1.72. The number of carbonyl (C=O) groups is 1. The van der Waals surface area contributed by atoms with Crippen LogP contribution < -0.4 is 0 Å². The minimum Gasteiger partial charge on any atom is -0.481 e. The molecule has 0 aliphatic carbocycles. The molecule has 4 nitrogen and oxygen atoms in total. The molecule has 0 spiro atoms. The molecule has 0 aromatic carbocycles. The van der Waals surface area contributed by atoms with Crippen molar-refractivity contribution in [2.24, 2.45) is 0 Å². The Hall–Kier alpha value is -0.610. The average Bonchev–Trinajstić information content (AvgIpc) is 1.82. The summed E-state index contributed by atoms with van der Waals surface area (Å²) in [6.07, 6.45) is 0. The van der Waals surface area contributed by atoms with Crippen molar-refractivity contribution in [1.29, 1.82) is 0 Å². The minimum absolute atomic E-state index is 0.633. The fourth-order valence-corrected chi connectivity index (χ4v) is 0.167. The molecular weight excluding hydrogens is 136 g/mol. The molecule has 10 heavy (non-hydrogen) atoms. The molecule has 0 aromatic heterocycles. The lowest BCUT2D eigenvalue weighted by molar-refractivity contribution is -0.287. The summed E-state index contributed by atoms with van der Waals surface area (Å²) >= 11 is 0. The highest BCUT2D eigenvalue weighted by molar-refractivity contribution is 5.62. The predicted molar refractivity (Wildman–Crippen MR) is 36.6 cm³/mol. The van der Waals surface area contributed by atoms with Crippen LogP contribution in [0.3, 0.4) is 0 Å². The summed E-state index contributed by atoms with van der Waals surface area (Å²) in [5, 5.41) is 7.42. The van der Waals surface area contributed by atoms with E-state index < -0.39 is 5.97 Å². The summed E-state index contributed by atoms with van der Waals surface area (Å²) in [7, 11) is 0. The van der Waals surface area contributed by atoms with Gasteiger partial charge in [-0.3, -0.25) is 4.79 Å². The molecular formula is C6H14O4. The van der Waals surface area contributed by atoms with E-state index >= 15 is 0 Å². The van der Waals surface area contributed by atoms with Gasteiger partial charge in [-0.2, -0.15) is 0 Å². The van der Waals surface area contributed by atoms with Gasteiger partial charge in [0.1, 0.15) is 0 Å². The summed E-state index contributed by atoms with van der Waals surface area (Å²) in [4.78, 5) is 18.0. The number of aliphatic carboxylic acids is 1. The van der Waals surface area contributed by atoms with Crippen LogP contribution in [0, 0.1) is 0 Å². The van der Waals surface area contributed by atoms with Crippen molar-refractivity contribution in [3.63, 3.8) is 0 Å². The van der Waals surface area contributed by atoms with Crippen LogP contribution in [-0.2, 0) is 14.6 Å². The number of hydrogen-bond acceptors (Lipinski definition) is 3. The van der Waals surface area contributed by atoms with Crippen LogP contribution in [0.4, 0.5) is 0 Å². The number of carboxylic acids is 1. The first kappa shape index (κ1) is 12.1. The van der Waals surface area contributed by atoms with Crippen LogP contribution >= 0.6 is 0 Å². The fraction of sp³-hybridized carbons (Fsp3) is 0.833. The highest BCUT2D eigenvalue weighted by atomic mass is 17.2. The van der Waals surface area contributed by atoms with E-state index in [1.54, 1.807) is 0 Å². The maximum Gasteiger partial charge on any atom is 0.300 e. The molecule has 0 fully saturated rings. The van der Waals surface area contributed by atoms with Crippen LogP contribution in [0.5, 0.6) is 0 Å². The zero-order chi connectivity index (χ0) is 8.41. The normalized spacial score (nSPS) is 7.90. The molecule has 0 amide bonds. The quantitative estimate of drug-likeness (QED) is 0.371. The van der Waals surface area contributed by atoms with Crippen LogP contribution in [0.1, 0.15) is 20.8 Å². The second-order valence-electron chi connectivity index (χ2n) is 1.33. The Labute approximate surface area is 60.7 Å². The van der Waals surface area contributed by atoms with Crippen LogP contribution in [-0.4, -0.2) is 24.3 Å². The summed E-state index contributed by atoms with van der Waals surface area (Å²) in [5.41, 5.74) is 0. The van der Waals surface area contributed by atoms with E-state index in [0.717, 1.165) is 6.92 Å². The van der Waals surface area contributed by atoms with Crippen molar-refractivity contribution in [3.05, 3.63) is 0 Å². The van der Waals surface area contributed by atoms with Gasteiger partial charge in [0.15, 0.2) is 0 Å². The third-order valence-electron chi connectivity index (χ3n) is 0.319. The van der Waals surface area contributed by atoms with Gasteiger partial charge in [-0.15, -0.1) is 0 Å². The summed E-state index contributed by atoms with van der Waals surface area (Å²) in [6.45, 7) is 6.12. The maximum atomic E-state index is 9.00. The standard InChI is InChI=1S/C4H10O2.C2H4O2/c1-3-5-6-4-2;1-2(3)4/h3-4H2,1-2H3;1H3,(H,3,4). The second kappa shape index (κ2) is 11.2. The first-order valence-electron chi connectivity index (χ1n) is 3.09. The molecule has 0 saturated carbocycles. The largest absolute Gasteiger partial charge is 0.481 e. The SMILES string of the molecule is CC(=O)O.CCOOCC. The van der Waals surface area contributed by atoms with Crippen LogP contribution in [0.2, 0.25) is 0 Å². The lowest BCUT2D eigenvalue weighted by Crippen LogP contribution is -1.90. The van der Waals surface area contributed by atoms with Gasteiger partial charge in [0.2, 0.25) is 0 Å². The average molecular weight is 150 g/mol. The molecule has 0 saturated heterocycles. The molecule has 1 N–H and O–H groups in total. The van der Waals surface area contributed by atoms with E-state index in [2.05, 4.69) is 9.78 Å². The molecule has 0 aliphatic rings. The Bertz CT molecular complexity index is 64.1. The Balaban J connectivity index is 0. The number of rotatable bonds is 3. The molecule has 0 atom stereocenters. The van der Waals surface area contributed by atoms with Crippen molar-refractivity contribution in [2.45, 2.75) is 20.8 Å². The predicted octanol–water partition coefficient (Wildman–Crippen LogP) is 1.07. The van der Waals surface area contributed by atoms with Crippen molar-refractivity contribution in [2.75, 3.05) is 13.2 Å². The van der Waals surface area contributed by atoms with Crippen molar-refractivity contribution < 1.29 is 19.7 Å². The Morgan fingerprint density at radius 2 is 1.50 bits per heavy atom. The first-order valence-corrected chi connectivity index (χ1v) is 3.09. The van der Waals surface area contributed by atoms with E-state index in [-0.39, 0.29) is 0 Å². The molecule has 4 heteroatoms. The molecule has 0 radical (unpaired) electrons. The lowest BCUT2D eigenvalue weighted by Gasteiger charge is -1.92. The van der Waals surface area contributed by atoms with Gasteiger partial charge in [-0.1, -0.05) is 0 Å². The topological polar surface area (TPSA) is 55.8 Å². The number of carboxylic acid groups (broad SMARTS) is 1. The monoisotopic (exact) mass is 150 g/mol. The van der Waals surface area contributed by atoms with Gasteiger partial charge in [-0.25, -0.2) is 9.78 Å². The zero-order valence-corrected chi connectivity index (χ0v) is 6.59. The summed E-state index contributed by atoms with van der Waals surface area (Å²) in [5.74, 6) is -0.833. The van der Waals surface area contributed by atoms with Crippen LogP contribution in [0.25, 0.3) is 0 Å². The molecule has 0 rings (SSSR count). The van der Waals surface area contributed by atoms with Gasteiger partial charge in [0, 0.05) is 6.92 Å². The van der Waals surface area contributed by atoms with Gasteiger partial charge in [0.25, 0.3) is 5.97 Å². The molecule has 0 aliphatic heterocycles. The number of hydrogen-bond donors (Lipinski definition) is 1. The first-order chi connectivity index (χ1) is 4.65. The van der Waals surface area contributed by atoms with Crippen LogP contribution in [0.15, 0.2) is 0 Å². The smallest absolute Gasteiger partial charge is 0.300 e. The Morgan fingerprint density at radius 3 is 1.60 bits per heavy atom. The molecule has 0 aromatic rings. The van der Waals surface area contributed by atoms with Gasteiger partial charge >= 0.3 is 0 Å². The van der Waals surface area contributed by atoms with E-state index in [1.165, 1.54) is 0 Å². The second-order valence-corrected chi connectivity index (χ2v) is 1.33. The van der Waals surface area contributed by atoms with E-state index in [9.17, 15) is 0 Å². The van der Waals surface area contributed by atoms with E-state index in [4.69, 9.17) is 9.90 Å². The maximum absolute atomic E-state index is 9.00. The Kier molecular flexibility index (Phi) is 13.6. The third kappa shape index (κ3) is 52.8. The minimum atomic E-state index is -0.833. The fourth-order valence-electron chi connectivity index (χ4n) is 0.167. The van der Waals surface area contributed by atoms with Gasteiger partial charge in [0.05, 0.1) is 13.2 Å². The van der Waals surface area contributed by atoms with E-state index in [0.29, 0.717) is 13.2 Å². The lowest BCUT2D eigenvalue weighted by atomic mass is 10.9. The molecule has 62 valence electrons. The Morgan fingerprint density at radius 1 is 1.30 bits per heavy atom. The zero-order valence-electron chi connectivity index (χ0n) is 6.59. The van der Waals surface area contributed by atoms with Crippen molar-refractivity contribution in [3.8, 4) is 0 Å². The van der Waals surface area contributed by atoms with E-state index in [1.807, 2.05) is 13.8 Å². The molecule has 0 unspecified atom stereocenters. The highest BCUT2D eigenvalue weighted by Gasteiger charge is 1.71. The summed E-state index contributed by atoms with van der Waals surface area (Å²) in [6, 6.07) is 0. The van der Waals surface area contributed by atoms with Crippen molar-refractivity contribution in [1.82, 2.24) is 0 Å². The van der Waals surface area contributed by atoms with Gasteiger partial charge < -0.3 is 5.11 Å². The van der Waals surface area contributed by atoms with Crippen molar-refractivity contribution >= 4 is 5.97 Å². The molecule has 0 bridgehead atoms. The summed E-state index contributed by atoms with van der Waals surface area (Å²) < 4.78 is 0. The third-order valence-corrected chi connectivity index (χ3v) is 0.319. The van der Waals surface area contributed by atoms with Gasteiger partial charge in [-0.05, 0) is 13.8 Å². The molecule has 0 heterocycles.